The van der Waals surface area contributed by atoms with E-state index in [1.54, 1.807) is 30.3 Å². The zero-order chi connectivity index (χ0) is 21.5. The summed E-state index contributed by atoms with van der Waals surface area (Å²) in [6, 6.07) is 19.8. The molecule has 0 saturated carbocycles. The van der Waals surface area contributed by atoms with E-state index in [9.17, 15) is 9.59 Å². The van der Waals surface area contributed by atoms with Crippen molar-refractivity contribution in [3.05, 3.63) is 82.9 Å². The van der Waals surface area contributed by atoms with Crippen LogP contribution in [0.3, 0.4) is 0 Å². The van der Waals surface area contributed by atoms with Crippen molar-refractivity contribution in [3.8, 4) is 5.75 Å². The van der Waals surface area contributed by atoms with E-state index < -0.39 is 0 Å². The Balaban J connectivity index is 1.53. The molecule has 3 rings (SSSR count). The SMILES string of the molecule is COc1ccc(Cl)cc1NC(=O)CSc1ccc(NC(=O)c2ccc(C)cc2)cc1. The lowest BCUT2D eigenvalue weighted by molar-refractivity contribution is -0.113. The van der Waals surface area contributed by atoms with E-state index in [0.717, 1.165) is 10.5 Å². The number of thioether (sulfide) groups is 1. The van der Waals surface area contributed by atoms with Crippen LogP contribution in [-0.2, 0) is 4.79 Å². The average Bonchev–Trinajstić information content (AvgIpc) is 2.74. The number of carbonyl (C=O) groups is 2. The summed E-state index contributed by atoms with van der Waals surface area (Å²) in [5.41, 5.74) is 2.93. The van der Waals surface area contributed by atoms with Crippen LogP contribution in [0.5, 0.6) is 5.75 Å². The van der Waals surface area contributed by atoms with Gasteiger partial charge in [0.2, 0.25) is 5.91 Å². The van der Waals surface area contributed by atoms with Crippen molar-refractivity contribution in [1.29, 1.82) is 0 Å². The van der Waals surface area contributed by atoms with E-state index in [1.807, 2.05) is 43.3 Å². The molecule has 154 valence electrons. The first-order valence-corrected chi connectivity index (χ1v) is 10.6. The molecule has 0 aliphatic rings. The number of methoxy groups -OCH3 is 1. The number of benzene rings is 3. The number of rotatable bonds is 7. The Kier molecular flexibility index (Phi) is 7.38. The van der Waals surface area contributed by atoms with Crippen LogP contribution in [0.4, 0.5) is 11.4 Å². The molecule has 0 unspecified atom stereocenters. The lowest BCUT2D eigenvalue weighted by atomic mass is 10.1. The highest BCUT2D eigenvalue weighted by Crippen LogP contribution is 2.28. The van der Waals surface area contributed by atoms with Crippen molar-refractivity contribution in [3.63, 3.8) is 0 Å². The van der Waals surface area contributed by atoms with Gasteiger partial charge < -0.3 is 15.4 Å². The summed E-state index contributed by atoms with van der Waals surface area (Å²) in [5.74, 6) is 0.444. The second kappa shape index (κ2) is 10.2. The zero-order valence-corrected chi connectivity index (χ0v) is 18.1. The first-order valence-electron chi connectivity index (χ1n) is 9.19. The second-order valence-corrected chi connectivity index (χ2v) is 8.01. The summed E-state index contributed by atoms with van der Waals surface area (Å²) >= 11 is 7.38. The molecule has 30 heavy (non-hydrogen) atoms. The monoisotopic (exact) mass is 440 g/mol. The standard InChI is InChI=1S/C23H21ClN2O3S/c1-15-3-5-16(6-4-15)23(28)25-18-8-10-19(11-9-18)30-14-22(27)26-20-13-17(24)7-12-21(20)29-2/h3-13H,14H2,1-2H3,(H,25,28)(H,26,27). The highest BCUT2D eigenvalue weighted by Gasteiger charge is 2.10. The number of amides is 2. The Labute approximate surface area is 184 Å². The van der Waals surface area contributed by atoms with Gasteiger partial charge in [-0.1, -0.05) is 29.3 Å². The molecule has 0 radical (unpaired) electrons. The van der Waals surface area contributed by atoms with Gasteiger partial charge in [-0.3, -0.25) is 9.59 Å². The first-order chi connectivity index (χ1) is 14.4. The van der Waals surface area contributed by atoms with Crippen molar-refractivity contribution >= 4 is 46.6 Å². The summed E-state index contributed by atoms with van der Waals surface area (Å²) < 4.78 is 5.23. The summed E-state index contributed by atoms with van der Waals surface area (Å²) in [4.78, 5) is 25.5. The third kappa shape index (κ3) is 6.02. The van der Waals surface area contributed by atoms with Gasteiger partial charge in [-0.05, 0) is 61.5 Å². The Bertz CT molecular complexity index is 1040. The third-order valence-electron chi connectivity index (χ3n) is 4.23. The van der Waals surface area contributed by atoms with Gasteiger partial charge in [0, 0.05) is 21.2 Å². The fourth-order valence-electron chi connectivity index (χ4n) is 2.66. The molecule has 5 nitrogen and oxygen atoms in total. The number of nitrogens with one attached hydrogen (secondary N) is 2. The van der Waals surface area contributed by atoms with Gasteiger partial charge in [0.1, 0.15) is 5.75 Å². The molecular weight excluding hydrogens is 420 g/mol. The molecule has 0 saturated heterocycles. The van der Waals surface area contributed by atoms with Gasteiger partial charge in [-0.25, -0.2) is 0 Å². The number of hydrogen-bond acceptors (Lipinski definition) is 4. The molecule has 0 aliphatic carbocycles. The topological polar surface area (TPSA) is 67.4 Å². The van der Waals surface area contributed by atoms with E-state index >= 15 is 0 Å². The Morgan fingerprint density at radius 2 is 1.67 bits per heavy atom. The summed E-state index contributed by atoms with van der Waals surface area (Å²) in [6.45, 7) is 1.98. The fraction of sp³-hybridized carbons (Fsp3) is 0.130. The van der Waals surface area contributed by atoms with E-state index in [-0.39, 0.29) is 17.6 Å². The molecule has 3 aromatic carbocycles. The Hall–Kier alpha value is -2.96. The van der Waals surface area contributed by atoms with Gasteiger partial charge >= 0.3 is 0 Å². The van der Waals surface area contributed by atoms with Gasteiger partial charge in [0.05, 0.1) is 18.6 Å². The minimum atomic E-state index is -0.169. The van der Waals surface area contributed by atoms with Gasteiger partial charge in [-0.15, -0.1) is 11.8 Å². The Morgan fingerprint density at radius 1 is 0.967 bits per heavy atom. The summed E-state index contributed by atoms with van der Waals surface area (Å²) in [5, 5.41) is 6.19. The maximum Gasteiger partial charge on any atom is 0.255 e. The number of carbonyl (C=O) groups excluding carboxylic acids is 2. The number of aryl methyl sites for hydroxylation is 1. The van der Waals surface area contributed by atoms with Crippen LogP contribution in [0.25, 0.3) is 0 Å². The van der Waals surface area contributed by atoms with Crippen molar-refractivity contribution in [2.45, 2.75) is 11.8 Å². The number of ether oxygens (including phenoxy) is 1. The lowest BCUT2D eigenvalue weighted by Crippen LogP contribution is -2.14. The van der Waals surface area contributed by atoms with Gasteiger partial charge in [0.15, 0.2) is 0 Å². The van der Waals surface area contributed by atoms with Crippen LogP contribution in [0.1, 0.15) is 15.9 Å². The lowest BCUT2D eigenvalue weighted by Gasteiger charge is -2.10. The minimum Gasteiger partial charge on any atom is -0.495 e. The maximum atomic E-state index is 12.3. The highest BCUT2D eigenvalue weighted by atomic mass is 35.5. The van der Waals surface area contributed by atoms with Crippen molar-refractivity contribution in [1.82, 2.24) is 0 Å². The predicted octanol–water partition coefficient (Wildman–Crippen LogP) is 5.64. The van der Waals surface area contributed by atoms with Crippen molar-refractivity contribution in [2.24, 2.45) is 0 Å². The van der Waals surface area contributed by atoms with Crippen LogP contribution in [0, 0.1) is 6.92 Å². The first kappa shape index (κ1) is 21.7. The maximum absolute atomic E-state index is 12.3. The predicted molar refractivity (Wildman–Crippen MR) is 123 cm³/mol. The van der Waals surface area contributed by atoms with Crippen molar-refractivity contribution < 1.29 is 14.3 Å². The molecule has 0 bridgehead atoms. The molecule has 7 heteroatoms. The fourth-order valence-corrected chi connectivity index (χ4v) is 3.53. The van der Waals surface area contributed by atoms with E-state index in [2.05, 4.69) is 10.6 Å². The number of halogens is 1. The molecule has 0 aliphatic heterocycles. The average molecular weight is 441 g/mol. The van der Waals surface area contributed by atoms with Crippen LogP contribution >= 0.6 is 23.4 Å². The van der Waals surface area contributed by atoms with Crippen LogP contribution in [0.15, 0.2) is 71.6 Å². The van der Waals surface area contributed by atoms with Crippen LogP contribution in [-0.4, -0.2) is 24.7 Å². The largest absolute Gasteiger partial charge is 0.495 e. The molecule has 0 atom stereocenters. The smallest absolute Gasteiger partial charge is 0.255 e. The van der Waals surface area contributed by atoms with E-state index in [4.69, 9.17) is 16.3 Å². The van der Waals surface area contributed by atoms with Crippen LogP contribution in [0.2, 0.25) is 5.02 Å². The number of anilines is 2. The Morgan fingerprint density at radius 3 is 2.33 bits per heavy atom. The van der Waals surface area contributed by atoms with Crippen molar-refractivity contribution in [2.75, 3.05) is 23.5 Å². The molecule has 2 amide bonds. The van der Waals surface area contributed by atoms with Crippen LogP contribution < -0.4 is 15.4 Å². The summed E-state index contributed by atoms with van der Waals surface area (Å²) in [6.07, 6.45) is 0. The molecule has 0 heterocycles. The van der Waals surface area contributed by atoms with Gasteiger partial charge in [-0.2, -0.15) is 0 Å². The summed E-state index contributed by atoms with van der Waals surface area (Å²) in [7, 11) is 1.53. The molecular formula is C23H21ClN2O3S. The van der Waals surface area contributed by atoms with E-state index in [1.165, 1.54) is 18.9 Å². The molecule has 0 spiro atoms. The third-order valence-corrected chi connectivity index (χ3v) is 5.48. The van der Waals surface area contributed by atoms with Gasteiger partial charge in [0.25, 0.3) is 5.91 Å². The normalized spacial score (nSPS) is 10.4. The quantitative estimate of drug-likeness (QED) is 0.466. The molecule has 3 aromatic rings. The number of hydrogen-bond donors (Lipinski definition) is 2. The molecule has 2 N–H and O–H groups in total. The second-order valence-electron chi connectivity index (χ2n) is 6.53. The molecule has 0 aromatic heterocycles. The molecule has 0 fully saturated rings. The minimum absolute atomic E-state index is 0.162. The van der Waals surface area contributed by atoms with E-state index in [0.29, 0.717) is 27.7 Å². The highest BCUT2D eigenvalue weighted by molar-refractivity contribution is 8.00. The zero-order valence-electron chi connectivity index (χ0n) is 16.6.